The molecule has 1 heterocycles. The van der Waals surface area contributed by atoms with Crippen LogP contribution in [0.1, 0.15) is 19.8 Å². The van der Waals surface area contributed by atoms with Gasteiger partial charge in [0.05, 0.1) is 18.6 Å². The summed E-state index contributed by atoms with van der Waals surface area (Å²) in [6.07, 6.45) is 0.585. The van der Waals surface area contributed by atoms with Gasteiger partial charge in [-0.25, -0.2) is 4.79 Å². The van der Waals surface area contributed by atoms with Crippen LogP contribution in [0.3, 0.4) is 0 Å². The summed E-state index contributed by atoms with van der Waals surface area (Å²) in [4.78, 5) is 21.6. The molecule has 1 unspecified atom stereocenters. The van der Waals surface area contributed by atoms with Crippen molar-refractivity contribution in [1.82, 2.24) is 0 Å². The second-order valence-corrected chi connectivity index (χ2v) is 5.13. The van der Waals surface area contributed by atoms with Crippen LogP contribution >= 0.6 is 0 Å². The molecule has 3 N–H and O–H groups in total. The lowest BCUT2D eigenvalue weighted by Gasteiger charge is -2.10. The third kappa shape index (κ3) is 4.38. The first-order chi connectivity index (χ1) is 11.6. The Morgan fingerprint density at radius 2 is 2.12 bits per heavy atom. The van der Waals surface area contributed by atoms with Crippen LogP contribution < -0.4 is 15.3 Å². The molecule has 24 heavy (non-hydrogen) atoms. The lowest BCUT2D eigenvalue weighted by Crippen LogP contribution is -2.20. The number of unbranched alkanes of at least 4 members (excludes halogenated alkanes) is 1. The molecule has 1 aromatic carbocycles. The van der Waals surface area contributed by atoms with Gasteiger partial charge in [-0.1, -0.05) is 13.3 Å². The maximum absolute atomic E-state index is 11.9. The van der Waals surface area contributed by atoms with Gasteiger partial charge >= 0.3 is 5.63 Å². The van der Waals surface area contributed by atoms with Gasteiger partial charge in [0.15, 0.2) is 11.5 Å². The van der Waals surface area contributed by atoms with Gasteiger partial charge in [0.2, 0.25) is 5.75 Å². The highest BCUT2D eigenvalue weighted by Crippen LogP contribution is 2.33. The Bertz CT molecular complexity index is 724. The highest BCUT2D eigenvalue weighted by atomic mass is 17.2. The van der Waals surface area contributed by atoms with E-state index >= 15 is 0 Å². The Labute approximate surface area is 137 Å². The molecular weight excluding hydrogens is 320 g/mol. The molecular formula is C16H20O8. The van der Waals surface area contributed by atoms with Crippen LogP contribution in [-0.4, -0.2) is 41.2 Å². The zero-order chi connectivity index (χ0) is 17.5. The zero-order valence-electron chi connectivity index (χ0n) is 13.2. The molecule has 8 heteroatoms. The topological polar surface area (TPSA) is 119 Å². The van der Waals surface area contributed by atoms with E-state index < -0.39 is 18.3 Å². The van der Waals surface area contributed by atoms with E-state index in [2.05, 4.69) is 0 Å². The van der Waals surface area contributed by atoms with Crippen molar-refractivity contribution >= 4 is 11.0 Å². The Balaban J connectivity index is 2.18. The van der Waals surface area contributed by atoms with Crippen molar-refractivity contribution in [3.05, 3.63) is 28.6 Å². The summed E-state index contributed by atoms with van der Waals surface area (Å²) in [5.74, 6) is -0.303. The molecule has 1 atom stereocenters. The molecule has 0 aliphatic carbocycles. The van der Waals surface area contributed by atoms with Gasteiger partial charge in [-0.15, -0.1) is 0 Å². The van der Waals surface area contributed by atoms with Gasteiger partial charge in [0.25, 0.3) is 0 Å². The number of hydrogen-bond acceptors (Lipinski definition) is 8. The van der Waals surface area contributed by atoms with Crippen molar-refractivity contribution in [2.75, 3.05) is 19.8 Å². The Morgan fingerprint density at radius 1 is 1.33 bits per heavy atom. The molecule has 0 amide bonds. The quantitative estimate of drug-likeness (QED) is 0.271. The zero-order valence-corrected chi connectivity index (χ0v) is 13.2. The summed E-state index contributed by atoms with van der Waals surface area (Å²) in [7, 11) is 0. The largest absolute Gasteiger partial charge is 0.504 e. The molecule has 0 spiro atoms. The summed E-state index contributed by atoms with van der Waals surface area (Å²) >= 11 is 0. The number of aromatic hydroxyl groups is 1. The first-order valence-electron chi connectivity index (χ1n) is 7.57. The van der Waals surface area contributed by atoms with Crippen molar-refractivity contribution in [2.45, 2.75) is 25.9 Å². The maximum atomic E-state index is 11.9. The molecule has 0 saturated carbocycles. The predicted octanol–water partition coefficient (Wildman–Crippen LogP) is 1.34. The highest BCUT2D eigenvalue weighted by molar-refractivity contribution is 5.86. The lowest BCUT2D eigenvalue weighted by molar-refractivity contribution is -0.226. The molecule has 0 saturated heterocycles. The first kappa shape index (κ1) is 18.1. The SMILES string of the molecule is CCCCOc1c(O)c2ccc(OOCC(O)CO)cc2oc1=O. The summed E-state index contributed by atoms with van der Waals surface area (Å²) in [5.41, 5.74) is -0.686. The number of ether oxygens (including phenoxy) is 1. The van der Waals surface area contributed by atoms with Gasteiger partial charge < -0.3 is 29.4 Å². The maximum Gasteiger partial charge on any atom is 0.383 e. The van der Waals surface area contributed by atoms with Crippen LogP contribution in [0.4, 0.5) is 0 Å². The van der Waals surface area contributed by atoms with Crippen LogP contribution in [0.15, 0.2) is 27.4 Å². The number of rotatable bonds is 9. The van der Waals surface area contributed by atoms with Gasteiger partial charge in [-0.2, -0.15) is 4.89 Å². The average Bonchev–Trinajstić information content (AvgIpc) is 2.57. The van der Waals surface area contributed by atoms with Crippen molar-refractivity contribution < 1.29 is 34.2 Å². The van der Waals surface area contributed by atoms with Crippen LogP contribution in [0.5, 0.6) is 17.2 Å². The van der Waals surface area contributed by atoms with Crippen LogP contribution in [0.2, 0.25) is 0 Å². The van der Waals surface area contributed by atoms with Crippen LogP contribution in [-0.2, 0) is 4.89 Å². The van der Waals surface area contributed by atoms with Crippen molar-refractivity contribution in [3.63, 3.8) is 0 Å². The van der Waals surface area contributed by atoms with E-state index in [4.69, 9.17) is 29.1 Å². The molecule has 2 rings (SSSR count). The van der Waals surface area contributed by atoms with E-state index in [1.807, 2.05) is 6.92 Å². The number of hydrogen-bond donors (Lipinski definition) is 3. The second kappa shape index (κ2) is 8.53. The minimum atomic E-state index is -1.06. The van der Waals surface area contributed by atoms with Crippen LogP contribution in [0.25, 0.3) is 11.0 Å². The van der Waals surface area contributed by atoms with Crippen molar-refractivity contribution in [3.8, 4) is 17.2 Å². The normalized spacial score (nSPS) is 12.3. The van der Waals surface area contributed by atoms with E-state index in [0.29, 0.717) is 12.0 Å². The van der Waals surface area contributed by atoms with Gasteiger partial charge in [0, 0.05) is 6.07 Å². The van der Waals surface area contributed by atoms with Crippen molar-refractivity contribution in [2.24, 2.45) is 0 Å². The minimum Gasteiger partial charge on any atom is -0.504 e. The highest BCUT2D eigenvalue weighted by Gasteiger charge is 2.16. The molecule has 0 aliphatic rings. The fourth-order valence-corrected chi connectivity index (χ4v) is 1.88. The van der Waals surface area contributed by atoms with E-state index in [-0.39, 0.29) is 29.4 Å². The van der Waals surface area contributed by atoms with E-state index in [1.165, 1.54) is 18.2 Å². The minimum absolute atomic E-state index is 0.101. The molecule has 0 aliphatic heterocycles. The van der Waals surface area contributed by atoms with Crippen molar-refractivity contribution in [1.29, 1.82) is 0 Å². The fourth-order valence-electron chi connectivity index (χ4n) is 1.88. The van der Waals surface area contributed by atoms with E-state index in [0.717, 1.165) is 12.8 Å². The second-order valence-electron chi connectivity index (χ2n) is 5.13. The third-order valence-electron chi connectivity index (χ3n) is 3.18. The summed E-state index contributed by atoms with van der Waals surface area (Å²) < 4.78 is 10.4. The number of aliphatic hydroxyl groups excluding tert-OH is 2. The van der Waals surface area contributed by atoms with E-state index in [1.54, 1.807) is 0 Å². The first-order valence-corrected chi connectivity index (χ1v) is 7.57. The Kier molecular flexibility index (Phi) is 6.42. The molecule has 0 bridgehead atoms. The number of aliphatic hydroxyl groups is 2. The van der Waals surface area contributed by atoms with Gasteiger partial charge in [-0.3, -0.25) is 0 Å². The Hall–Kier alpha value is -2.29. The fraction of sp³-hybridized carbons (Fsp3) is 0.438. The molecule has 0 radical (unpaired) electrons. The third-order valence-corrected chi connectivity index (χ3v) is 3.18. The van der Waals surface area contributed by atoms with Gasteiger partial charge in [-0.05, 0) is 18.6 Å². The molecule has 8 nitrogen and oxygen atoms in total. The monoisotopic (exact) mass is 340 g/mol. The molecule has 0 fully saturated rings. The molecule has 132 valence electrons. The summed E-state index contributed by atoms with van der Waals surface area (Å²) in [6, 6.07) is 4.34. The average molecular weight is 340 g/mol. The van der Waals surface area contributed by atoms with Gasteiger partial charge in [0.1, 0.15) is 18.3 Å². The summed E-state index contributed by atoms with van der Waals surface area (Å²) in [5, 5.41) is 28.3. The molecule has 1 aromatic heterocycles. The smallest absolute Gasteiger partial charge is 0.383 e. The number of fused-ring (bicyclic) bond motifs is 1. The lowest BCUT2D eigenvalue weighted by atomic mass is 10.2. The predicted molar refractivity (Wildman–Crippen MR) is 84.2 cm³/mol. The standard InChI is InChI=1S/C16H20O8/c1-2-3-6-21-15-14(19)12-5-4-11(7-13(12)23-16(15)20)24-22-9-10(18)8-17/h4-5,7,10,17-19H,2-3,6,8-9H2,1H3. The summed E-state index contributed by atoms with van der Waals surface area (Å²) in [6.45, 7) is 1.61. The van der Waals surface area contributed by atoms with Crippen LogP contribution in [0, 0.1) is 0 Å². The molecule has 2 aromatic rings. The number of benzene rings is 1. The Morgan fingerprint density at radius 3 is 2.83 bits per heavy atom. The van der Waals surface area contributed by atoms with E-state index in [9.17, 15) is 9.90 Å².